The van der Waals surface area contributed by atoms with Crippen LogP contribution >= 0.6 is 0 Å². The minimum Gasteiger partial charge on any atom is -0.480 e. The van der Waals surface area contributed by atoms with Gasteiger partial charge in [-0.15, -0.1) is 0 Å². The highest BCUT2D eigenvalue weighted by Crippen LogP contribution is 2.24. The van der Waals surface area contributed by atoms with E-state index < -0.39 is 11.5 Å². The molecule has 4 heteroatoms. The zero-order valence-electron chi connectivity index (χ0n) is 12.4. The van der Waals surface area contributed by atoms with Crippen molar-refractivity contribution in [3.63, 3.8) is 0 Å². The fourth-order valence-electron chi connectivity index (χ4n) is 2.63. The lowest BCUT2D eigenvalue weighted by atomic mass is 9.96. The van der Waals surface area contributed by atoms with Crippen LogP contribution in [0.1, 0.15) is 58.8 Å². The molecule has 0 aliphatic heterocycles. The average Bonchev–Trinajstić information content (AvgIpc) is 2.89. The molecular weight excluding hydrogens is 242 g/mol. The van der Waals surface area contributed by atoms with Gasteiger partial charge in [-0.25, -0.2) is 0 Å². The molecule has 1 rings (SSSR count). The second-order valence-corrected chi connectivity index (χ2v) is 5.89. The van der Waals surface area contributed by atoms with Crippen molar-refractivity contribution in [2.45, 2.75) is 64.3 Å². The monoisotopic (exact) mass is 271 g/mol. The molecule has 0 aromatic carbocycles. The Kier molecular flexibility index (Phi) is 7.39. The van der Waals surface area contributed by atoms with Crippen LogP contribution in [0.2, 0.25) is 0 Å². The van der Waals surface area contributed by atoms with Crippen LogP contribution in [0.3, 0.4) is 0 Å². The normalized spacial score (nSPS) is 19.5. The summed E-state index contributed by atoms with van der Waals surface area (Å²) in [5, 5.41) is 12.4. The van der Waals surface area contributed by atoms with Gasteiger partial charge in [0.25, 0.3) is 0 Å². The van der Waals surface area contributed by atoms with Crippen molar-refractivity contribution in [2.24, 2.45) is 5.92 Å². The number of hydrogen-bond acceptors (Lipinski definition) is 3. The molecule has 0 amide bonds. The number of carboxylic acid groups (broad SMARTS) is 1. The van der Waals surface area contributed by atoms with Crippen LogP contribution in [0.25, 0.3) is 0 Å². The highest BCUT2D eigenvalue weighted by molar-refractivity contribution is 5.78. The summed E-state index contributed by atoms with van der Waals surface area (Å²) in [5.74, 6) is -0.0270. The summed E-state index contributed by atoms with van der Waals surface area (Å²) in [6.45, 7) is 6.08. The zero-order valence-corrected chi connectivity index (χ0v) is 12.4. The molecule has 4 nitrogen and oxygen atoms in total. The summed E-state index contributed by atoms with van der Waals surface area (Å²) in [4.78, 5) is 11.3. The van der Waals surface area contributed by atoms with Gasteiger partial charge in [0.2, 0.25) is 0 Å². The van der Waals surface area contributed by atoms with Gasteiger partial charge < -0.3 is 15.2 Å². The molecule has 1 unspecified atom stereocenters. The van der Waals surface area contributed by atoms with E-state index in [1.165, 1.54) is 25.7 Å². The van der Waals surface area contributed by atoms with E-state index in [1.54, 1.807) is 6.92 Å². The summed E-state index contributed by atoms with van der Waals surface area (Å²) in [5.41, 5.74) is -0.813. The van der Waals surface area contributed by atoms with E-state index in [2.05, 4.69) is 5.32 Å². The molecular formula is C15H29NO3. The molecule has 0 heterocycles. The molecule has 0 saturated heterocycles. The lowest BCUT2D eigenvalue weighted by molar-refractivity contribution is -0.144. The third kappa shape index (κ3) is 5.91. The number of aliphatic carboxylic acids is 1. The Balaban J connectivity index is 2.15. The third-order valence-electron chi connectivity index (χ3n) is 4.03. The van der Waals surface area contributed by atoms with Gasteiger partial charge in [0.15, 0.2) is 0 Å². The Hall–Kier alpha value is -0.610. The summed E-state index contributed by atoms with van der Waals surface area (Å²) in [6, 6.07) is 0. The molecule has 1 aliphatic rings. The SMILES string of the molecule is CCCNC(C)(CCCOCC1CCCC1)C(=O)O. The van der Waals surface area contributed by atoms with Crippen molar-refractivity contribution in [1.82, 2.24) is 5.32 Å². The molecule has 1 aliphatic carbocycles. The van der Waals surface area contributed by atoms with Crippen LogP contribution in [0.4, 0.5) is 0 Å². The number of hydrogen-bond donors (Lipinski definition) is 2. The maximum absolute atomic E-state index is 11.3. The van der Waals surface area contributed by atoms with Gasteiger partial charge in [0, 0.05) is 13.2 Å². The standard InChI is InChI=1S/C15H29NO3/c1-3-10-16-15(2,14(17)18)9-6-11-19-12-13-7-4-5-8-13/h13,16H,3-12H2,1-2H3,(H,17,18). The Labute approximate surface area is 116 Å². The van der Waals surface area contributed by atoms with E-state index in [9.17, 15) is 9.90 Å². The van der Waals surface area contributed by atoms with Crippen molar-refractivity contribution in [1.29, 1.82) is 0 Å². The third-order valence-corrected chi connectivity index (χ3v) is 4.03. The second kappa shape index (κ2) is 8.54. The first-order valence-corrected chi connectivity index (χ1v) is 7.64. The van der Waals surface area contributed by atoms with Gasteiger partial charge in [0.1, 0.15) is 5.54 Å². The van der Waals surface area contributed by atoms with Crippen LogP contribution in [0.15, 0.2) is 0 Å². The zero-order chi connectivity index (χ0) is 14.1. The maximum atomic E-state index is 11.3. The van der Waals surface area contributed by atoms with Crippen molar-refractivity contribution in [3.05, 3.63) is 0 Å². The molecule has 0 bridgehead atoms. The van der Waals surface area contributed by atoms with E-state index in [0.29, 0.717) is 13.0 Å². The highest BCUT2D eigenvalue weighted by Gasteiger charge is 2.31. The minimum atomic E-state index is -0.813. The number of rotatable bonds is 10. The molecule has 1 saturated carbocycles. The molecule has 1 fully saturated rings. The first-order chi connectivity index (χ1) is 9.08. The van der Waals surface area contributed by atoms with Gasteiger partial charge in [-0.05, 0) is 51.5 Å². The predicted octanol–water partition coefficient (Wildman–Crippen LogP) is 2.82. The molecule has 1 atom stereocenters. The fraction of sp³-hybridized carbons (Fsp3) is 0.933. The van der Waals surface area contributed by atoms with Gasteiger partial charge in [-0.2, -0.15) is 0 Å². The van der Waals surface area contributed by atoms with Gasteiger partial charge >= 0.3 is 5.97 Å². The Bertz CT molecular complexity index is 264. The van der Waals surface area contributed by atoms with Crippen molar-refractivity contribution < 1.29 is 14.6 Å². The highest BCUT2D eigenvalue weighted by atomic mass is 16.5. The minimum absolute atomic E-state index is 0.618. The van der Waals surface area contributed by atoms with Crippen LogP contribution < -0.4 is 5.32 Å². The largest absolute Gasteiger partial charge is 0.480 e. The Morgan fingerprint density at radius 1 is 1.42 bits per heavy atom. The van der Waals surface area contributed by atoms with Gasteiger partial charge in [-0.1, -0.05) is 19.8 Å². The Morgan fingerprint density at radius 2 is 2.11 bits per heavy atom. The van der Waals surface area contributed by atoms with E-state index in [-0.39, 0.29) is 0 Å². The molecule has 112 valence electrons. The Morgan fingerprint density at radius 3 is 2.68 bits per heavy atom. The molecule has 0 aromatic rings. The number of nitrogens with one attached hydrogen (secondary N) is 1. The van der Waals surface area contributed by atoms with Crippen molar-refractivity contribution in [3.8, 4) is 0 Å². The summed E-state index contributed by atoms with van der Waals surface area (Å²) >= 11 is 0. The first kappa shape index (κ1) is 16.4. The smallest absolute Gasteiger partial charge is 0.323 e. The summed E-state index contributed by atoms with van der Waals surface area (Å²) < 4.78 is 5.68. The first-order valence-electron chi connectivity index (χ1n) is 7.64. The maximum Gasteiger partial charge on any atom is 0.323 e. The summed E-state index contributed by atoms with van der Waals surface area (Å²) in [6.07, 6.45) is 7.63. The quantitative estimate of drug-likeness (QED) is 0.600. The molecule has 19 heavy (non-hydrogen) atoms. The van der Waals surface area contributed by atoms with Crippen molar-refractivity contribution in [2.75, 3.05) is 19.8 Å². The van der Waals surface area contributed by atoms with Gasteiger partial charge in [-0.3, -0.25) is 4.79 Å². The van der Waals surface area contributed by atoms with Crippen molar-refractivity contribution >= 4 is 5.97 Å². The van der Waals surface area contributed by atoms with Crippen LogP contribution in [-0.4, -0.2) is 36.4 Å². The van der Waals surface area contributed by atoms with Gasteiger partial charge in [0.05, 0.1) is 0 Å². The number of carboxylic acids is 1. The second-order valence-electron chi connectivity index (χ2n) is 5.89. The number of carbonyl (C=O) groups is 1. The van der Waals surface area contributed by atoms with E-state index in [0.717, 1.165) is 31.9 Å². The topological polar surface area (TPSA) is 58.6 Å². The lowest BCUT2D eigenvalue weighted by Gasteiger charge is -2.26. The molecule has 0 spiro atoms. The molecule has 2 N–H and O–H groups in total. The van der Waals surface area contributed by atoms with E-state index in [4.69, 9.17) is 4.74 Å². The predicted molar refractivity (Wildman–Crippen MR) is 76.3 cm³/mol. The fourth-order valence-corrected chi connectivity index (χ4v) is 2.63. The molecule has 0 aromatic heterocycles. The van der Waals surface area contributed by atoms with Crippen LogP contribution in [0, 0.1) is 5.92 Å². The summed E-state index contributed by atoms with van der Waals surface area (Å²) in [7, 11) is 0. The average molecular weight is 271 g/mol. The number of ether oxygens (including phenoxy) is 1. The molecule has 0 radical (unpaired) electrons. The van der Waals surface area contributed by atoms with Crippen LogP contribution in [0.5, 0.6) is 0 Å². The van der Waals surface area contributed by atoms with E-state index in [1.807, 2.05) is 6.92 Å². The van der Waals surface area contributed by atoms with E-state index >= 15 is 0 Å². The van der Waals surface area contributed by atoms with Crippen LogP contribution in [-0.2, 0) is 9.53 Å². The lowest BCUT2D eigenvalue weighted by Crippen LogP contribution is -2.49.